The fourth-order valence-corrected chi connectivity index (χ4v) is 5.71. The zero-order valence-electron chi connectivity index (χ0n) is 20.9. The summed E-state index contributed by atoms with van der Waals surface area (Å²) < 4.78 is 32.7. The Morgan fingerprint density at radius 1 is 1.11 bits per heavy atom. The molecule has 2 amide bonds. The maximum Gasteiger partial charge on any atom is 0.244 e. The zero-order valence-corrected chi connectivity index (χ0v) is 23.3. The molecular formula is C26H34BrN3O5S. The van der Waals surface area contributed by atoms with Gasteiger partial charge in [0.2, 0.25) is 21.8 Å². The van der Waals surface area contributed by atoms with Crippen molar-refractivity contribution in [2.45, 2.75) is 57.7 Å². The van der Waals surface area contributed by atoms with Crippen molar-refractivity contribution >= 4 is 43.5 Å². The summed E-state index contributed by atoms with van der Waals surface area (Å²) in [4.78, 5) is 28.3. The normalized spacial score (nSPS) is 15.1. The van der Waals surface area contributed by atoms with E-state index in [1.165, 1.54) is 18.4 Å². The summed E-state index contributed by atoms with van der Waals surface area (Å²) in [5.41, 5.74) is 1.08. The minimum absolute atomic E-state index is 0.0950. The Labute approximate surface area is 222 Å². The van der Waals surface area contributed by atoms with Crippen LogP contribution in [0.3, 0.4) is 0 Å². The van der Waals surface area contributed by atoms with Crippen molar-refractivity contribution in [2.75, 3.05) is 24.2 Å². The van der Waals surface area contributed by atoms with Gasteiger partial charge in [-0.25, -0.2) is 8.42 Å². The van der Waals surface area contributed by atoms with E-state index in [-0.39, 0.29) is 24.2 Å². The highest BCUT2D eigenvalue weighted by molar-refractivity contribution is 9.10. The van der Waals surface area contributed by atoms with Gasteiger partial charge in [-0.3, -0.25) is 13.9 Å². The van der Waals surface area contributed by atoms with Gasteiger partial charge in [0.25, 0.3) is 0 Å². The molecule has 0 saturated heterocycles. The number of nitrogens with one attached hydrogen (secondary N) is 1. The van der Waals surface area contributed by atoms with Gasteiger partial charge in [-0.05, 0) is 49.6 Å². The molecule has 1 aliphatic carbocycles. The molecule has 3 rings (SSSR count). The van der Waals surface area contributed by atoms with E-state index < -0.39 is 28.5 Å². The van der Waals surface area contributed by atoms with Crippen LogP contribution in [0.2, 0.25) is 0 Å². The van der Waals surface area contributed by atoms with E-state index in [4.69, 9.17) is 4.74 Å². The van der Waals surface area contributed by atoms with Crippen LogP contribution in [0.15, 0.2) is 53.0 Å². The van der Waals surface area contributed by atoms with E-state index >= 15 is 0 Å². The van der Waals surface area contributed by atoms with Crippen LogP contribution in [-0.4, -0.2) is 57.1 Å². The van der Waals surface area contributed by atoms with Crippen molar-refractivity contribution in [3.8, 4) is 5.75 Å². The van der Waals surface area contributed by atoms with Crippen LogP contribution in [0.5, 0.6) is 5.75 Å². The van der Waals surface area contributed by atoms with Crippen molar-refractivity contribution < 1.29 is 22.7 Å². The van der Waals surface area contributed by atoms with Gasteiger partial charge in [0.05, 0.1) is 19.1 Å². The largest absolute Gasteiger partial charge is 0.495 e. The summed E-state index contributed by atoms with van der Waals surface area (Å²) >= 11 is 3.45. The van der Waals surface area contributed by atoms with Crippen molar-refractivity contribution in [1.82, 2.24) is 10.2 Å². The predicted octanol–water partition coefficient (Wildman–Crippen LogP) is 4.09. The van der Waals surface area contributed by atoms with E-state index in [0.717, 1.165) is 46.3 Å². The van der Waals surface area contributed by atoms with Gasteiger partial charge in [0.1, 0.15) is 18.3 Å². The fourth-order valence-electron chi connectivity index (χ4n) is 4.41. The summed E-state index contributed by atoms with van der Waals surface area (Å²) in [5.74, 6) is -0.400. The van der Waals surface area contributed by atoms with Gasteiger partial charge in [0, 0.05) is 17.1 Å². The Kier molecular flexibility index (Phi) is 9.78. The Hall–Kier alpha value is -2.59. The second kappa shape index (κ2) is 12.6. The van der Waals surface area contributed by atoms with Crippen molar-refractivity contribution in [3.05, 3.63) is 58.6 Å². The molecule has 1 atom stereocenters. The molecule has 1 aliphatic rings. The Morgan fingerprint density at radius 3 is 2.44 bits per heavy atom. The molecular weight excluding hydrogens is 546 g/mol. The summed E-state index contributed by atoms with van der Waals surface area (Å²) in [7, 11) is -2.39. The van der Waals surface area contributed by atoms with Gasteiger partial charge in [-0.1, -0.05) is 59.5 Å². The number of para-hydroxylation sites is 2. The number of sulfonamides is 1. The summed E-state index contributed by atoms with van der Waals surface area (Å²) in [6, 6.07) is 13.4. The molecule has 196 valence electrons. The number of methoxy groups -OCH3 is 1. The Balaban J connectivity index is 1.89. The molecule has 0 aromatic heterocycles. The minimum atomic E-state index is -3.83. The fraction of sp³-hybridized carbons (Fsp3) is 0.462. The number of hydrogen-bond donors (Lipinski definition) is 1. The number of hydrogen-bond acceptors (Lipinski definition) is 5. The molecule has 36 heavy (non-hydrogen) atoms. The molecule has 8 nitrogen and oxygen atoms in total. The van der Waals surface area contributed by atoms with Gasteiger partial charge in [-0.2, -0.15) is 0 Å². The van der Waals surface area contributed by atoms with Crippen LogP contribution in [0.4, 0.5) is 5.69 Å². The van der Waals surface area contributed by atoms with E-state index in [9.17, 15) is 18.0 Å². The Morgan fingerprint density at radius 2 is 1.81 bits per heavy atom. The van der Waals surface area contributed by atoms with Gasteiger partial charge >= 0.3 is 0 Å². The second-order valence-corrected chi connectivity index (χ2v) is 11.9. The molecule has 1 fully saturated rings. The Bertz CT molecular complexity index is 1170. The van der Waals surface area contributed by atoms with Gasteiger partial charge in [0.15, 0.2) is 0 Å². The first-order valence-electron chi connectivity index (χ1n) is 12.0. The summed E-state index contributed by atoms with van der Waals surface area (Å²) in [6.07, 6.45) is 6.20. The number of ether oxygens (including phenoxy) is 1. The molecule has 0 unspecified atom stereocenters. The average molecular weight is 581 g/mol. The second-order valence-electron chi connectivity index (χ2n) is 9.11. The van der Waals surface area contributed by atoms with Crippen molar-refractivity contribution in [2.24, 2.45) is 0 Å². The third-order valence-corrected chi connectivity index (χ3v) is 8.01. The molecule has 0 bridgehead atoms. The number of rotatable bonds is 10. The maximum atomic E-state index is 13.7. The number of halogens is 1. The SMILES string of the molecule is COc1ccccc1N(CC(=O)N(Cc1cccc(Br)c1)[C@H](C)C(=O)NC1CCCCC1)S(C)(=O)=O. The first kappa shape index (κ1) is 28.0. The van der Waals surface area contributed by atoms with E-state index in [2.05, 4.69) is 21.2 Å². The van der Waals surface area contributed by atoms with E-state index in [1.54, 1.807) is 31.2 Å². The molecule has 2 aromatic carbocycles. The van der Waals surface area contributed by atoms with Gasteiger partial charge < -0.3 is 15.0 Å². The average Bonchev–Trinajstić information content (AvgIpc) is 2.85. The number of benzene rings is 2. The molecule has 0 radical (unpaired) electrons. The number of carbonyl (C=O) groups excluding carboxylic acids is 2. The standard InChI is InChI=1S/C26H34BrN3O5S/c1-19(26(32)28-22-12-5-4-6-13-22)29(17-20-10-9-11-21(27)16-20)25(31)18-30(36(3,33)34)23-14-7-8-15-24(23)35-2/h7-11,14-16,19,22H,4-6,12-13,17-18H2,1-3H3,(H,28,32)/t19-/m1/s1. The number of carbonyl (C=O) groups is 2. The van der Waals surface area contributed by atoms with Crippen LogP contribution < -0.4 is 14.4 Å². The highest BCUT2D eigenvalue weighted by Gasteiger charge is 2.32. The van der Waals surface area contributed by atoms with Crippen LogP contribution >= 0.6 is 15.9 Å². The quantitative estimate of drug-likeness (QED) is 0.457. The first-order chi connectivity index (χ1) is 17.1. The number of nitrogens with zero attached hydrogens (tertiary/aromatic N) is 2. The van der Waals surface area contributed by atoms with E-state index in [1.807, 2.05) is 24.3 Å². The molecule has 1 N–H and O–H groups in total. The third kappa shape index (κ3) is 7.46. The van der Waals surface area contributed by atoms with Crippen LogP contribution in [0, 0.1) is 0 Å². The van der Waals surface area contributed by atoms with Gasteiger partial charge in [-0.15, -0.1) is 0 Å². The monoisotopic (exact) mass is 579 g/mol. The minimum Gasteiger partial charge on any atom is -0.495 e. The molecule has 2 aromatic rings. The lowest BCUT2D eigenvalue weighted by Gasteiger charge is -2.33. The molecule has 0 aliphatic heterocycles. The smallest absolute Gasteiger partial charge is 0.244 e. The predicted molar refractivity (Wildman–Crippen MR) is 144 cm³/mol. The molecule has 10 heteroatoms. The topological polar surface area (TPSA) is 96.0 Å². The van der Waals surface area contributed by atoms with Crippen LogP contribution in [-0.2, 0) is 26.2 Å². The highest BCUT2D eigenvalue weighted by Crippen LogP contribution is 2.30. The van der Waals surface area contributed by atoms with Crippen LogP contribution in [0.1, 0.15) is 44.6 Å². The van der Waals surface area contributed by atoms with Crippen molar-refractivity contribution in [1.29, 1.82) is 0 Å². The summed E-state index contributed by atoms with van der Waals surface area (Å²) in [5, 5.41) is 3.09. The van der Waals surface area contributed by atoms with E-state index in [0.29, 0.717) is 5.75 Å². The lowest BCUT2D eigenvalue weighted by Crippen LogP contribution is -2.53. The molecule has 0 heterocycles. The number of amides is 2. The van der Waals surface area contributed by atoms with Crippen LogP contribution in [0.25, 0.3) is 0 Å². The first-order valence-corrected chi connectivity index (χ1v) is 14.7. The molecule has 0 spiro atoms. The highest BCUT2D eigenvalue weighted by atomic mass is 79.9. The third-order valence-electron chi connectivity index (χ3n) is 6.39. The lowest BCUT2D eigenvalue weighted by molar-refractivity contribution is -0.139. The maximum absolute atomic E-state index is 13.7. The lowest BCUT2D eigenvalue weighted by atomic mass is 9.95. The summed E-state index contributed by atoms with van der Waals surface area (Å²) in [6.45, 7) is 1.37. The molecule has 1 saturated carbocycles. The number of anilines is 1. The zero-order chi connectivity index (χ0) is 26.3. The van der Waals surface area contributed by atoms with Crippen molar-refractivity contribution in [3.63, 3.8) is 0 Å².